The van der Waals surface area contributed by atoms with E-state index >= 15 is 0 Å². The number of hydrogen-bond donors (Lipinski definition) is 2. The second kappa shape index (κ2) is 6.72. The summed E-state index contributed by atoms with van der Waals surface area (Å²) >= 11 is 0. The lowest BCUT2D eigenvalue weighted by Gasteiger charge is -2.27. The normalized spacial score (nSPS) is 16.4. The topological polar surface area (TPSA) is 67.6 Å². The van der Waals surface area contributed by atoms with Crippen LogP contribution in [-0.4, -0.2) is 43.2 Å². The van der Waals surface area contributed by atoms with E-state index < -0.39 is 0 Å². The van der Waals surface area contributed by atoms with Crippen LogP contribution in [0.15, 0.2) is 18.2 Å². The first-order valence-corrected chi connectivity index (χ1v) is 7.05. The Bertz CT molecular complexity index is 468. The lowest BCUT2D eigenvalue weighted by Crippen LogP contribution is -2.35. The average molecular weight is 277 g/mol. The van der Waals surface area contributed by atoms with Crippen molar-refractivity contribution in [2.24, 2.45) is 0 Å². The molecular weight excluding hydrogens is 254 g/mol. The minimum atomic E-state index is -0.0791. The Kier molecular flexibility index (Phi) is 4.98. The van der Waals surface area contributed by atoms with Crippen molar-refractivity contribution in [2.45, 2.75) is 26.4 Å². The number of nitrogens with two attached hydrogens (primary N) is 1. The lowest BCUT2D eigenvalue weighted by molar-refractivity contribution is 0.0343. The molecule has 0 aliphatic carbocycles. The highest BCUT2D eigenvalue weighted by molar-refractivity contribution is 5.95. The number of nitrogen functional groups attached to an aromatic ring is 1. The Morgan fingerprint density at radius 3 is 2.70 bits per heavy atom. The van der Waals surface area contributed by atoms with Crippen molar-refractivity contribution in [1.29, 1.82) is 0 Å². The van der Waals surface area contributed by atoms with Crippen LogP contribution in [0.25, 0.3) is 0 Å². The quantitative estimate of drug-likeness (QED) is 0.813. The molecule has 1 aliphatic heterocycles. The third kappa shape index (κ3) is 3.95. The number of benzene rings is 1. The molecule has 5 nitrogen and oxygen atoms in total. The molecule has 1 saturated heterocycles. The molecule has 1 aromatic rings. The van der Waals surface area contributed by atoms with E-state index in [9.17, 15) is 4.79 Å². The summed E-state index contributed by atoms with van der Waals surface area (Å²) in [5.41, 5.74) is 8.42. The first-order chi connectivity index (χ1) is 9.56. The number of rotatable bonds is 4. The van der Waals surface area contributed by atoms with Crippen LogP contribution in [0.2, 0.25) is 0 Å². The molecule has 5 heteroatoms. The molecule has 0 radical (unpaired) electrons. The number of nitrogens with zero attached hydrogens (tertiary/aromatic N) is 1. The second-order valence-electron chi connectivity index (χ2n) is 5.43. The first-order valence-electron chi connectivity index (χ1n) is 7.05. The van der Waals surface area contributed by atoms with E-state index in [-0.39, 0.29) is 11.9 Å². The number of carbonyl (C=O) groups excluding carboxylic acids is 1. The fourth-order valence-electron chi connectivity index (χ4n) is 2.23. The number of amides is 1. The van der Waals surface area contributed by atoms with Gasteiger partial charge in [-0.15, -0.1) is 0 Å². The van der Waals surface area contributed by atoms with Crippen LogP contribution < -0.4 is 11.1 Å². The predicted octanol–water partition coefficient (Wildman–Crippen LogP) is 1.24. The molecule has 110 valence electrons. The monoisotopic (exact) mass is 277 g/mol. The van der Waals surface area contributed by atoms with Crippen molar-refractivity contribution in [3.63, 3.8) is 0 Å². The molecule has 2 rings (SSSR count). The van der Waals surface area contributed by atoms with Crippen LogP contribution >= 0.6 is 0 Å². The molecule has 0 spiro atoms. The second-order valence-corrected chi connectivity index (χ2v) is 5.43. The van der Waals surface area contributed by atoms with E-state index in [0.29, 0.717) is 11.3 Å². The zero-order chi connectivity index (χ0) is 14.5. The van der Waals surface area contributed by atoms with Crippen molar-refractivity contribution in [3.8, 4) is 0 Å². The zero-order valence-electron chi connectivity index (χ0n) is 12.2. The summed E-state index contributed by atoms with van der Waals surface area (Å²) in [4.78, 5) is 14.2. The van der Waals surface area contributed by atoms with Gasteiger partial charge in [-0.05, 0) is 31.5 Å². The fourth-order valence-corrected chi connectivity index (χ4v) is 2.23. The molecule has 0 saturated carbocycles. The molecule has 0 aromatic heterocycles. The Labute approximate surface area is 120 Å². The molecule has 1 amide bonds. The van der Waals surface area contributed by atoms with Crippen molar-refractivity contribution >= 4 is 11.6 Å². The number of nitrogens with one attached hydrogen (secondary N) is 1. The molecule has 0 bridgehead atoms. The van der Waals surface area contributed by atoms with Gasteiger partial charge in [0.25, 0.3) is 5.91 Å². The maximum absolute atomic E-state index is 11.9. The summed E-state index contributed by atoms with van der Waals surface area (Å²) in [6.07, 6.45) is 0. The van der Waals surface area contributed by atoms with Crippen molar-refractivity contribution < 1.29 is 9.53 Å². The van der Waals surface area contributed by atoms with Gasteiger partial charge in [-0.25, -0.2) is 0 Å². The van der Waals surface area contributed by atoms with Gasteiger partial charge in [0.05, 0.1) is 13.2 Å². The summed E-state index contributed by atoms with van der Waals surface area (Å²) in [5.74, 6) is -0.0791. The highest BCUT2D eigenvalue weighted by atomic mass is 16.5. The summed E-state index contributed by atoms with van der Waals surface area (Å²) in [6.45, 7) is 8.08. The first kappa shape index (κ1) is 14.8. The SMILES string of the molecule is CC(C)NC(=O)c1ccc(CN2CCOCC2)c(N)c1. The maximum Gasteiger partial charge on any atom is 0.251 e. The Hall–Kier alpha value is -1.59. The smallest absolute Gasteiger partial charge is 0.251 e. The number of carbonyl (C=O) groups is 1. The van der Waals surface area contributed by atoms with Gasteiger partial charge in [-0.2, -0.15) is 0 Å². The van der Waals surface area contributed by atoms with E-state index in [2.05, 4.69) is 10.2 Å². The summed E-state index contributed by atoms with van der Waals surface area (Å²) in [6, 6.07) is 5.66. The third-order valence-electron chi connectivity index (χ3n) is 3.33. The predicted molar refractivity (Wildman–Crippen MR) is 79.6 cm³/mol. The van der Waals surface area contributed by atoms with E-state index in [1.54, 1.807) is 6.07 Å². The molecular formula is C15H23N3O2. The van der Waals surface area contributed by atoms with E-state index in [1.165, 1.54) is 0 Å². The molecule has 1 aromatic carbocycles. The van der Waals surface area contributed by atoms with Gasteiger partial charge in [0, 0.05) is 36.9 Å². The molecule has 1 aliphatic rings. The van der Waals surface area contributed by atoms with Gasteiger partial charge >= 0.3 is 0 Å². The van der Waals surface area contributed by atoms with Crippen LogP contribution in [0.5, 0.6) is 0 Å². The highest BCUT2D eigenvalue weighted by Crippen LogP contribution is 2.17. The molecule has 0 atom stereocenters. The molecule has 1 heterocycles. The Balaban J connectivity index is 2.03. The molecule has 3 N–H and O–H groups in total. The standard InChI is InChI=1S/C15H23N3O2/c1-11(2)17-15(19)12-3-4-13(14(16)9-12)10-18-5-7-20-8-6-18/h3-4,9,11H,5-8,10,16H2,1-2H3,(H,17,19). The van der Waals surface area contributed by atoms with Crippen molar-refractivity contribution in [1.82, 2.24) is 10.2 Å². The van der Waals surface area contributed by atoms with Gasteiger partial charge in [0.2, 0.25) is 0 Å². The largest absolute Gasteiger partial charge is 0.398 e. The van der Waals surface area contributed by atoms with Crippen LogP contribution in [-0.2, 0) is 11.3 Å². The van der Waals surface area contributed by atoms with E-state index in [4.69, 9.17) is 10.5 Å². The number of anilines is 1. The number of hydrogen-bond acceptors (Lipinski definition) is 4. The van der Waals surface area contributed by atoms with E-state index in [1.807, 2.05) is 26.0 Å². The van der Waals surface area contributed by atoms with Crippen molar-refractivity contribution in [2.75, 3.05) is 32.0 Å². The minimum absolute atomic E-state index is 0.0791. The van der Waals surface area contributed by atoms with Gasteiger partial charge in [0.15, 0.2) is 0 Å². The Morgan fingerprint density at radius 2 is 2.10 bits per heavy atom. The van der Waals surface area contributed by atoms with Gasteiger partial charge < -0.3 is 15.8 Å². The lowest BCUT2D eigenvalue weighted by atomic mass is 10.1. The van der Waals surface area contributed by atoms with Gasteiger partial charge in [-0.3, -0.25) is 9.69 Å². The maximum atomic E-state index is 11.9. The minimum Gasteiger partial charge on any atom is -0.398 e. The van der Waals surface area contributed by atoms with Gasteiger partial charge in [0.1, 0.15) is 0 Å². The van der Waals surface area contributed by atoms with Crippen LogP contribution in [0.3, 0.4) is 0 Å². The number of morpholine rings is 1. The van der Waals surface area contributed by atoms with Crippen molar-refractivity contribution in [3.05, 3.63) is 29.3 Å². The Morgan fingerprint density at radius 1 is 1.40 bits per heavy atom. The summed E-state index contributed by atoms with van der Waals surface area (Å²) < 4.78 is 5.33. The molecule has 20 heavy (non-hydrogen) atoms. The summed E-state index contributed by atoms with van der Waals surface area (Å²) in [5, 5.41) is 2.87. The van der Waals surface area contributed by atoms with Crippen LogP contribution in [0.1, 0.15) is 29.8 Å². The number of ether oxygens (including phenoxy) is 1. The zero-order valence-corrected chi connectivity index (χ0v) is 12.2. The molecule has 1 fully saturated rings. The average Bonchev–Trinajstić information content (AvgIpc) is 2.41. The summed E-state index contributed by atoms with van der Waals surface area (Å²) in [7, 11) is 0. The molecule has 0 unspecified atom stereocenters. The van der Waals surface area contributed by atoms with E-state index in [0.717, 1.165) is 38.4 Å². The van der Waals surface area contributed by atoms with Crippen LogP contribution in [0.4, 0.5) is 5.69 Å². The highest BCUT2D eigenvalue weighted by Gasteiger charge is 2.14. The third-order valence-corrected chi connectivity index (χ3v) is 3.33. The van der Waals surface area contributed by atoms with Gasteiger partial charge in [-0.1, -0.05) is 6.07 Å². The van der Waals surface area contributed by atoms with Crippen LogP contribution in [0, 0.1) is 0 Å². The fraction of sp³-hybridized carbons (Fsp3) is 0.533.